The predicted octanol–water partition coefficient (Wildman–Crippen LogP) is 3.40. The van der Waals surface area contributed by atoms with Crippen molar-refractivity contribution in [2.75, 3.05) is 19.6 Å². The molecule has 1 aromatic carbocycles. The number of benzene rings is 1. The van der Waals surface area contributed by atoms with Crippen molar-refractivity contribution < 1.29 is 4.39 Å². The maximum Gasteiger partial charge on any atom is 0.126 e. The van der Waals surface area contributed by atoms with Crippen molar-refractivity contribution in [3.05, 3.63) is 35.1 Å². The number of nitrogens with zero attached hydrogens (tertiary/aromatic N) is 1. The highest BCUT2D eigenvalue weighted by Crippen LogP contribution is 2.29. The lowest BCUT2D eigenvalue weighted by atomic mass is 9.96. The van der Waals surface area contributed by atoms with Gasteiger partial charge in [0.15, 0.2) is 0 Å². The number of rotatable bonds is 5. The Kier molecular flexibility index (Phi) is 5.34. The second-order valence-electron chi connectivity index (χ2n) is 5.55. The topological polar surface area (TPSA) is 29.3 Å². The molecule has 1 heterocycles. The fourth-order valence-corrected chi connectivity index (χ4v) is 2.98. The van der Waals surface area contributed by atoms with E-state index in [1.54, 1.807) is 6.07 Å². The molecule has 0 spiro atoms. The molecule has 0 aliphatic carbocycles. The van der Waals surface area contributed by atoms with Gasteiger partial charge in [-0.2, -0.15) is 0 Å². The summed E-state index contributed by atoms with van der Waals surface area (Å²) < 4.78 is 13.4. The monoisotopic (exact) mass is 264 g/mol. The lowest BCUT2D eigenvalue weighted by Gasteiger charge is -2.35. The predicted molar refractivity (Wildman–Crippen MR) is 77.6 cm³/mol. The summed E-state index contributed by atoms with van der Waals surface area (Å²) in [5.41, 5.74) is 7.65. The standard InChI is InChI=1S/C16H25FN2/c1-13-12-14(7-8-15(13)17)16(6-5-9-18)19-10-3-2-4-11-19/h7-8,12,16H,2-6,9-11,18H2,1H3. The van der Waals surface area contributed by atoms with Crippen LogP contribution in [0.15, 0.2) is 18.2 Å². The van der Waals surface area contributed by atoms with Gasteiger partial charge in [0.25, 0.3) is 0 Å². The lowest BCUT2D eigenvalue weighted by Crippen LogP contribution is -2.34. The maximum atomic E-state index is 13.4. The van der Waals surface area contributed by atoms with E-state index in [4.69, 9.17) is 5.73 Å². The molecule has 1 aliphatic heterocycles. The molecule has 2 N–H and O–H groups in total. The third-order valence-electron chi connectivity index (χ3n) is 4.08. The van der Waals surface area contributed by atoms with E-state index in [1.165, 1.54) is 24.8 Å². The van der Waals surface area contributed by atoms with Crippen LogP contribution in [-0.4, -0.2) is 24.5 Å². The van der Waals surface area contributed by atoms with Gasteiger partial charge in [-0.3, -0.25) is 4.90 Å². The summed E-state index contributed by atoms with van der Waals surface area (Å²) in [6.45, 7) is 4.89. The molecule has 1 aromatic rings. The summed E-state index contributed by atoms with van der Waals surface area (Å²) in [6.07, 6.45) is 5.99. The van der Waals surface area contributed by atoms with Crippen molar-refractivity contribution in [1.29, 1.82) is 0 Å². The molecule has 1 saturated heterocycles. The number of likely N-dealkylation sites (tertiary alicyclic amines) is 1. The Morgan fingerprint density at radius 2 is 2.00 bits per heavy atom. The van der Waals surface area contributed by atoms with Gasteiger partial charge in [-0.15, -0.1) is 0 Å². The Labute approximate surface area is 115 Å². The molecule has 1 aliphatic rings. The number of halogens is 1. The van der Waals surface area contributed by atoms with Gasteiger partial charge in [-0.05, 0) is 69.4 Å². The molecule has 0 amide bonds. The van der Waals surface area contributed by atoms with Gasteiger partial charge < -0.3 is 5.73 Å². The third-order valence-corrected chi connectivity index (χ3v) is 4.08. The van der Waals surface area contributed by atoms with E-state index >= 15 is 0 Å². The van der Waals surface area contributed by atoms with Crippen LogP contribution in [0.5, 0.6) is 0 Å². The fraction of sp³-hybridized carbons (Fsp3) is 0.625. The van der Waals surface area contributed by atoms with Crippen LogP contribution >= 0.6 is 0 Å². The van der Waals surface area contributed by atoms with Crippen LogP contribution in [-0.2, 0) is 0 Å². The zero-order valence-corrected chi connectivity index (χ0v) is 11.9. The van der Waals surface area contributed by atoms with E-state index in [1.807, 2.05) is 19.1 Å². The fourth-order valence-electron chi connectivity index (χ4n) is 2.98. The molecular weight excluding hydrogens is 239 g/mol. The van der Waals surface area contributed by atoms with Crippen LogP contribution in [0, 0.1) is 12.7 Å². The van der Waals surface area contributed by atoms with Crippen LogP contribution in [0.25, 0.3) is 0 Å². The van der Waals surface area contributed by atoms with Crippen LogP contribution < -0.4 is 5.73 Å². The maximum absolute atomic E-state index is 13.4. The van der Waals surface area contributed by atoms with Crippen molar-refractivity contribution in [2.45, 2.75) is 45.1 Å². The lowest BCUT2D eigenvalue weighted by molar-refractivity contribution is 0.154. The van der Waals surface area contributed by atoms with Crippen LogP contribution in [0.4, 0.5) is 4.39 Å². The Morgan fingerprint density at radius 1 is 1.26 bits per heavy atom. The molecule has 0 bridgehead atoms. The minimum atomic E-state index is -0.111. The van der Waals surface area contributed by atoms with Crippen molar-refractivity contribution >= 4 is 0 Å². The van der Waals surface area contributed by atoms with E-state index in [9.17, 15) is 4.39 Å². The van der Waals surface area contributed by atoms with E-state index in [2.05, 4.69) is 4.90 Å². The van der Waals surface area contributed by atoms with Crippen molar-refractivity contribution in [2.24, 2.45) is 5.73 Å². The zero-order valence-electron chi connectivity index (χ0n) is 11.9. The Bertz CT molecular complexity index is 400. The minimum Gasteiger partial charge on any atom is -0.330 e. The first-order valence-corrected chi connectivity index (χ1v) is 7.42. The van der Waals surface area contributed by atoms with Gasteiger partial charge in [0.1, 0.15) is 5.82 Å². The molecule has 3 heteroatoms. The summed E-state index contributed by atoms with van der Waals surface area (Å²) in [7, 11) is 0. The molecule has 0 radical (unpaired) electrons. The molecule has 1 unspecified atom stereocenters. The molecule has 1 fully saturated rings. The average Bonchev–Trinajstić information content (AvgIpc) is 2.44. The van der Waals surface area contributed by atoms with E-state index < -0.39 is 0 Å². The highest BCUT2D eigenvalue weighted by Gasteiger charge is 2.22. The molecule has 1 atom stereocenters. The summed E-state index contributed by atoms with van der Waals surface area (Å²) >= 11 is 0. The van der Waals surface area contributed by atoms with Gasteiger partial charge in [-0.25, -0.2) is 4.39 Å². The molecule has 106 valence electrons. The molecule has 2 nitrogen and oxygen atoms in total. The number of hydrogen-bond donors (Lipinski definition) is 1. The van der Waals surface area contributed by atoms with E-state index in [0.717, 1.165) is 38.0 Å². The number of nitrogens with two attached hydrogens (primary N) is 1. The third kappa shape index (κ3) is 3.77. The molecule has 0 saturated carbocycles. The first-order chi connectivity index (χ1) is 9.22. The number of aryl methyl sites for hydroxylation is 1. The molecule has 2 rings (SSSR count). The summed E-state index contributed by atoms with van der Waals surface area (Å²) in [4.78, 5) is 2.55. The summed E-state index contributed by atoms with van der Waals surface area (Å²) in [5, 5.41) is 0. The highest BCUT2D eigenvalue weighted by molar-refractivity contribution is 5.26. The van der Waals surface area contributed by atoms with Gasteiger partial charge >= 0.3 is 0 Å². The molecule has 0 aromatic heterocycles. The highest BCUT2D eigenvalue weighted by atomic mass is 19.1. The second-order valence-corrected chi connectivity index (χ2v) is 5.55. The summed E-state index contributed by atoms with van der Waals surface area (Å²) in [5.74, 6) is -0.111. The second kappa shape index (κ2) is 7.01. The first-order valence-electron chi connectivity index (χ1n) is 7.42. The Balaban J connectivity index is 2.17. The van der Waals surface area contributed by atoms with E-state index in [0.29, 0.717) is 6.04 Å². The number of piperidine rings is 1. The van der Waals surface area contributed by atoms with Gasteiger partial charge in [0.2, 0.25) is 0 Å². The van der Waals surface area contributed by atoms with Crippen LogP contribution in [0.2, 0.25) is 0 Å². The van der Waals surface area contributed by atoms with Crippen molar-refractivity contribution in [3.8, 4) is 0 Å². The average molecular weight is 264 g/mol. The zero-order chi connectivity index (χ0) is 13.7. The normalized spacial score (nSPS) is 18.5. The minimum absolute atomic E-state index is 0.111. The van der Waals surface area contributed by atoms with Crippen molar-refractivity contribution in [3.63, 3.8) is 0 Å². The van der Waals surface area contributed by atoms with Crippen LogP contribution in [0.1, 0.15) is 49.3 Å². The summed E-state index contributed by atoms with van der Waals surface area (Å²) in [6, 6.07) is 5.95. The van der Waals surface area contributed by atoms with Crippen LogP contribution in [0.3, 0.4) is 0 Å². The van der Waals surface area contributed by atoms with Gasteiger partial charge in [0.05, 0.1) is 0 Å². The Morgan fingerprint density at radius 3 is 2.63 bits per heavy atom. The molecule has 19 heavy (non-hydrogen) atoms. The smallest absolute Gasteiger partial charge is 0.126 e. The van der Waals surface area contributed by atoms with E-state index in [-0.39, 0.29) is 5.82 Å². The molecular formula is C16H25FN2. The first kappa shape index (κ1) is 14.5. The van der Waals surface area contributed by atoms with Gasteiger partial charge in [-0.1, -0.05) is 18.6 Å². The quantitative estimate of drug-likeness (QED) is 0.883. The van der Waals surface area contributed by atoms with Gasteiger partial charge in [0, 0.05) is 6.04 Å². The largest absolute Gasteiger partial charge is 0.330 e. The van der Waals surface area contributed by atoms with Crippen molar-refractivity contribution in [1.82, 2.24) is 4.90 Å². The SMILES string of the molecule is Cc1cc(C(CCCN)N2CCCCC2)ccc1F. The number of hydrogen-bond acceptors (Lipinski definition) is 2. The Hall–Kier alpha value is -0.930.